The number of hydrogen-bond acceptors (Lipinski definition) is 9. The Kier molecular flexibility index (Phi) is 7.70. The van der Waals surface area contributed by atoms with E-state index >= 15 is 0 Å². The first-order valence-corrected chi connectivity index (χ1v) is 9.97. The fourth-order valence-electron chi connectivity index (χ4n) is 3.11. The maximum Gasteiger partial charge on any atom is 0.235 e. The van der Waals surface area contributed by atoms with Crippen LogP contribution < -0.4 is 15.5 Å². The third-order valence-electron chi connectivity index (χ3n) is 4.75. The summed E-state index contributed by atoms with van der Waals surface area (Å²) in [6, 6.07) is 0.192. The number of nitrogens with zero attached hydrogens (tertiary/aromatic N) is 7. The van der Waals surface area contributed by atoms with E-state index in [9.17, 15) is 8.78 Å². The number of ether oxygens (including phenoxy) is 1. The quantitative estimate of drug-likeness (QED) is 0.542. The third kappa shape index (κ3) is 5.56. The summed E-state index contributed by atoms with van der Waals surface area (Å²) in [5.41, 5.74) is 0.0610. The van der Waals surface area contributed by atoms with Crippen molar-refractivity contribution in [2.45, 2.75) is 26.4 Å². The number of anilines is 4. The van der Waals surface area contributed by atoms with Gasteiger partial charge >= 0.3 is 0 Å². The molecule has 3 aromatic heterocycles. The van der Waals surface area contributed by atoms with Crippen LogP contribution in [0.5, 0.6) is 0 Å². The Morgan fingerprint density at radius 3 is 2.56 bits per heavy atom. The lowest BCUT2D eigenvalue weighted by Gasteiger charge is -2.27. The molecule has 1 saturated heterocycles. The molecule has 10 nitrogen and oxygen atoms in total. The van der Waals surface area contributed by atoms with E-state index in [-0.39, 0.29) is 24.0 Å². The molecule has 4 rings (SSSR count). The summed E-state index contributed by atoms with van der Waals surface area (Å²) in [6.45, 7) is 6.90. The van der Waals surface area contributed by atoms with Crippen LogP contribution in [0, 0.1) is 11.6 Å². The van der Waals surface area contributed by atoms with Gasteiger partial charge < -0.3 is 24.8 Å². The molecule has 1 atom stereocenters. The van der Waals surface area contributed by atoms with Gasteiger partial charge in [0.25, 0.3) is 0 Å². The number of halogens is 3. The van der Waals surface area contributed by atoms with Gasteiger partial charge in [0.1, 0.15) is 11.6 Å². The van der Waals surface area contributed by atoms with Crippen molar-refractivity contribution in [3.05, 3.63) is 42.1 Å². The van der Waals surface area contributed by atoms with Crippen LogP contribution in [-0.2, 0) is 11.3 Å². The molecule has 0 spiro atoms. The summed E-state index contributed by atoms with van der Waals surface area (Å²) in [5.74, 6) is 0.0864. The second-order valence-corrected chi connectivity index (χ2v) is 6.98. The molecule has 13 heteroatoms. The molecule has 3 aromatic rings. The minimum absolute atomic E-state index is 0. The number of imidazole rings is 1. The molecule has 1 unspecified atom stereocenters. The normalized spacial score (nSPS) is 14.6. The van der Waals surface area contributed by atoms with Gasteiger partial charge in [-0.3, -0.25) is 4.98 Å². The summed E-state index contributed by atoms with van der Waals surface area (Å²) >= 11 is 0. The van der Waals surface area contributed by atoms with E-state index in [0.29, 0.717) is 44.0 Å². The molecule has 0 aliphatic carbocycles. The van der Waals surface area contributed by atoms with Crippen molar-refractivity contribution in [1.82, 2.24) is 29.5 Å². The Balaban J connectivity index is 0.00000289. The highest BCUT2D eigenvalue weighted by Gasteiger charge is 2.20. The number of aromatic nitrogens is 6. The van der Waals surface area contributed by atoms with Gasteiger partial charge in [-0.1, -0.05) is 0 Å². The first-order valence-electron chi connectivity index (χ1n) is 9.97. The highest BCUT2D eigenvalue weighted by atomic mass is 35.5. The van der Waals surface area contributed by atoms with Gasteiger partial charge in [0, 0.05) is 31.9 Å². The summed E-state index contributed by atoms with van der Waals surface area (Å²) in [6.07, 6.45) is 4.52. The highest BCUT2D eigenvalue weighted by Crippen LogP contribution is 2.22. The minimum atomic E-state index is -0.745. The number of rotatable bonds is 7. The fraction of sp³-hybridized carbons (Fsp3) is 0.421. The van der Waals surface area contributed by atoms with E-state index in [4.69, 9.17) is 4.74 Å². The monoisotopic (exact) mass is 467 g/mol. The van der Waals surface area contributed by atoms with Gasteiger partial charge in [-0.25, -0.2) is 13.8 Å². The van der Waals surface area contributed by atoms with E-state index in [1.807, 2.05) is 22.6 Å². The molecule has 0 bridgehead atoms. The smallest absolute Gasteiger partial charge is 0.235 e. The van der Waals surface area contributed by atoms with Crippen LogP contribution in [-0.4, -0.2) is 55.8 Å². The van der Waals surface area contributed by atoms with Crippen molar-refractivity contribution >= 4 is 36.1 Å². The summed E-state index contributed by atoms with van der Waals surface area (Å²) in [7, 11) is 0. The van der Waals surface area contributed by atoms with Crippen molar-refractivity contribution < 1.29 is 13.5 Å². The van der Waals surface area contributed by atoms with Gasteiger partial charge in [0.05, 0.1) is 37.5 Å². The maximum atomic E-state index is 14.1. The average molecular weight is 468 g/mol. The zero-order valence-corrected chi connectivity index (χ0v) is 18.4. The Labute approximate surface area is 189 Å². The molecule has 0 radical (unpaired) electrons. The van der Waals surface area contributed by atoms with Crippen LogP contribution in [0.3, 0.4) is 0 Å². The zero-order chi connectivity index (χ0) is 21.8. The number of hydrogen-bond donors (Lipinski definition) is 2. The van der Waals surface area contributed by atoms with E-state index < -0.39 is 17.7 Å². The van der Waals surface area contributed by atoms with Crippen molar-refractivity contribution in [3.63, 3.8) is 0 Å². The molecule has 4 heterocycles. The van der Waals surface area contributed by atoms with Crippen LogP contribution in [0.1, 0.15) is 25.6 Å². The van der Waals surface area contributed by atoms with E-state index in [2.05, 4.69) is 35.6 Å². The average Bonchev–Trinajstić information content (AvgIpc) is 3.21. The predicted octanol–water partition coefficient (Wildman–Crippen LogP) is 2.94. The molecule has 0 amide bonds. The third-order valence-corrected chi connectivity index (χ3v) is 4.75. The number of aryl methyl sites for hydroxylation is 1. The van der Waals surface area contributed by atoms with Gasteiger partial charge in [0.2, 0.25) is 17.8 Å². The minimum Gasteiger partial charge on any atom is -0.378 e. The molecule has 32 heavy (non-hydrogen) atoms. The number of morpholine rings is 1. The molecule has 1 fully saturated rings. The van der Waals surface area contributed by atoms with Crippen molar-refractivity contribution in [3.8, 4) is 0 Å². The first kappa shape index (κ1) is 23.5. The van der Waals surface area contributed by atoms with E-state index in [0.717, 1.165) is 18.8 Å². The summed E-state index contributed by atoms with van der Waals surface area (Å²) < 4.78 is 34.6. The van der Waals surface area contributed by atoms with Gasteiger partial charge in [-0.2, -0.15) is 15.0 Å². The van der Waals surface area contributed by atoms with Crippen molar-refractivity contribution in [2.24, 2.45) is 0 Å². The lowest BCUT2D eigenvalue weighted by molar-refractivity contribution is 0.122. The number of pyridine rings is 1. The van der Waals surface area contributed by atoms with Crippen LogP contribution in [0.4, 0.5) is 32.4 Å². The standard InChI is InChI=1S/C19H23F2N9O.ClH/c1-3-29-10-15(23-11-29)25-18-26-17(27-19(28-18)30-4-6-31-7-5-30)24-12(2)16-14(21)8-13(20)9-22-16;/h8-12H,3-7H2,1-2H3,(H2,24,25,26,27,28);1H. The van der Waals surface area contributed by atoms with Crippen LogP contribution in [0.25, 0.3) is 0 Å². The maximum absolute atomic E-state index is 14.1. The first-order chi connectivity index (χ1) is 15.0. The molecule has 1 aliphatic heterocycles. The van der Waals surface area contributed by atoms with Crippen molar-refractivity contribution in [2.75, 3.05) is 41.8 Å². The topological polar surface area (TPSA) is 106 Å². The Hall–Kier alpha value is -3.12. The molecular weight excluding hydrogens is 444 g/mol. The fourth-order valence-corrected chi connectivity index (χ4v) is 3.11. The number of nitrogens with one attached hydrogen (secondary N) is 2. The summed E-state index contributed by atoms with van der Waals surface area (Å²) in [4.78, 5) is 23.5. The molecule has 0 aromatic carbocycles. The Morgan fingerprint density at radius 1 is 1.12 bits per heavy atom. The van der Waals surface area contributed by atoms with Gasteiger partial charge in [0.15, 0.2) is 5.82 Å². The summed E-state index contributed by atoms with van der Waals surface area (Å²) in [5, 5.41) is 6.11. The van der Waals surface area contributed by atoms with Gasteiger partial charge in [-0.15, -0.1) is 12.4 Å². The second-order valence-electron chi connectivity index (χ2n) is 6.98. The predicted molar refractivity (Wildman–Crippen MR) is 117 cm³/mol. The Bertz CT molecular complexity index is 1050. The molecular formula is C19H24ClF2N9O. The zero-order valence-electron chi connectivity index (χ0n) is 17.6. The molecule has 172 valence electrons. The highest BCUT2D eigenvalue weighted by molar-refractivity contribution is 5.85. The van der Waals surface area contributed by atoms with E-state index in [1.54, 1.807) is 13.3 Å². The Morgan fingerprint density at radius 2 is 1.88 bits per heavy atom. The lowest BCUT2D eigenvalue weighted by Crippen LogP contribution is -2.37. The molecule has 0 saturated carbocycles. The lowest BCUT2D eigenvalue weighted by atomic mass is 10.2. The van der Waals surface area contributed by atoms with Gasteiger partial charge in [-0.05, 0) is 13.8 Å². The molecule has 2 N–H and O–H groups in total. The van der Waals surface area contributed by atoms with Crippen LogP contribution in [0.2, 0.25) is 0 Å². The van der Waals surface area contributed by atoms with Crippen LogP contribution >= 0.6 is 12.4 Å². The van der Waals surface area contributed by atoms with Crippen molar-refractivity contribution in [1.29, 1.82) is 0 Å². The second kappa shape index (κ2) is 10.5. The van der Waals surface area contributed by atoms with Crippen LogP contribution in [0.15, 0.2) is 24.8 Å². The largest absolute Gasteiger partial charge is 0.378 e. The SMILES string of the molecule is CCn1cnc(Nc2nc(NC(C)c3ncc(F)cc3F)nc(N3CCOCC3)n2)c1.Cl. The van der Waals surface area contributed by atoms with E-state index in [1.165, 1.54) is 0 Å². The molecule has 1 aliphatic rings.